The van der Waals surface area contributed by atoms with Gasteiger partial charge >= 0.3 is 5.97 Å². The first-order valence-corrected chi connectivity index (χ1v) is 5.96. The van der Waals surface area contributed by atoms with Crippen molar-refractivity contribution in [1.29, 1.82) is 0 Å². The van der Waals surface area contributed by atoms with Crippen molar-refractivity contribution in [2.75, 3.05) is 0 Å². The summed E-state index contributed by atoms with van der Waals surface area (Å²) in [5.41, 5.74) is 1.37. The SMILES string of the molecule is CCn1c(=O)c(CCC(=O)O)cc2ccccc21. The third-order valence-electron chi connectivity index (χ3n) is 3.00. The van der Waals surface area contributed by atoms with Gasteiger partial charge in [0.1, 0.15) is 0 Å². The van der Waals surface area contributed by atoms with Crippen LogP contribution < -0.4 is 5.56 Å². The van der Waals surface area contributed by atoms with Crippen LogP contribution in [0, 0.1) is 0 Å². The normalized spacial score (nSPS) is 10.7. The zero-order valence-corrected chi connectivity index (χ0v) is 10.2. The number of carbonyl (C=O) groups is 1. The number of para-hydroxylation sites is 1. The Morgan fingerprint density at radius 1 is 1.33 bits per heavy atom. The number of fused-ring (bicyclic) bond motifs is 1. The number of aryl methyl sites for hydroxylation is 2. The molecular formula is C14H15NO3. The number of nitrogens with zero attached hydrogens (tertiary/aromatic N) is 1. The Bertz CT molecular complexity index is 643. The molecule has 0 atom stereocenters. The second-order valence-corrected chi connectivity index (χ2v) is 4.17. The minimum Gasteiger partial charge on any atom is -0.481 e. The van der Waals surface area contributed by atoms with Gasteiger partial charge in [-0.15, -0.1) is 0 Å². The zero-order chi connectivity index (χ0) is 13.1. The summed E-state index contributed by atoms with van der Waals surface area (Å²) in [6.45, 7) is 2.50. The maximum absolute atomic E-state index is 12.2. The fourth-order valence-electron chi connectivity index (χ4n) is 2.12. The number of benzene rings is 1. The van der Waals surface area contributed by atoms with Crippen molar-refractivity contribution in [3.8, 4) is 0 Å². The Morgan fingerprint density at radius 3 is 2.72 bits per heavy atom. The molecule has 0 radical (unpaired) electrons. The summed E-state index contributed by atoms with van der Waals surface area (Å²) in [6.07, 6.45) is 0.260. The molecule has 2 rings (SSSR count). The third kappa shape index (κ3) is 2.27. The summed E-state index contributed by atoms with van der Waals surface area (Å²) in [6, 6.07) is 9.44. The molecule has 1 aromatic heterocycles. The zero-order valence-electron chi connectivity index (χ0n) is 10.2. The van der Waals surface area contributed by atoms with Gasteiger partial charge in [0.25, 0.3) is 5.56 Å². The van der Waals surface area contributed by atoms with Gasteiger partial charge in [-0.3, -0.25) is 9.59 Å². The summed E-state index contributed by atoms with van der Waals surface area (Å²) in [5.74, 6) is -0.884. The van der Waals surface area contributed by atoms with Gasteiger partial charge in [-0.25, -0.2) is 0 Å². The molecule has 1 aromatic carbocycles. The van der Waals surface area contributed by atoms with Crippen LogP contribution in [-0.4, -0.2) is 15.6 Å². The number of carboxylic acids is 1. The molecule has 2 aromatic rings. The Labute approximate surface area is 104 Å². The molecule has 0 bridgehead atoms. The molecule has 0 spiro atoms. The van der Waals surface area contributed by atoms with Crippen LogP contribution in [0.4, 0.5) is 0 Å². The fourth-order valence-corrected chi connectivity index (χ4v) is 2.12. The van der Waals surface area contributed by atoms with E-state index in [-0.39, 0.29) is 18.4 Å². The monoisotopic (exact) mass is 245 g/mol. The smallest absolute Gasteiger partial charge is 0.303 e. The summed E-state index contributed by atoms with van der Waals surface area (Å²) in [7, 11) is 0. The topological polar surface area (TPSA) is 59.3 Å². The van der Waals surface area contributed by atoms with Gasteiger partial charge in [0.05, 0.1) is 5.52 Å². The first-order chi connectivity index (χ1) is 8.63. The Hall–Kier alpha value is -2.10. The van der Waals surface area contributed by atoms with E-state index in [2.05, 4.69) is 0 Å². The Kier molecular flexibility index (Phi) is 3.46. The van der Waals surface area contributed by atoms with Crippen LogP contribution in [0.2, 0.25) is 0 Å². The van der Waals surface area contributed by atoms with E-state index in [0.717, 1.165) is 10.9 Å². The molecule has 4 nitrogen and oxygen atoms in total. The van der Waals surface area contributed by atoms with E-state index in [1.807, 2.05) is 31.2 Å². The van der Waals surface area contributed by atoms with Crippen molar-refractivity contribution < 1.29 is 9.90 Å². The highest BCUT2D eigenvalue weighted by molar-refractivity contribution is 5.79. The molecule has 0 amide bonds. The average Bonchev–Trinajstić information content (AvgIpc) is 2.36. The predicted octanol–water partition coefficient (Wildman–Crippen LogP) is 2.04. The van der Waals surface area contributed by atoms with Crippen LogP contribution in [0.3, 0.4) is 0 Å². The van der Waals surface area contributed by atoms with Gasteiger partial charge < -0.3 is 9.67 Å². The van der Waals surface area contributed by atoms with Gasteiger partial charge in [-0.05, 0) is 30.9 Å². The van der Waals surface area contributed by atoms with Gasteiger partial charge in [0.2, 0.25) is 0 Å². The molecule has 0 saturated heterocycles. The van der Waals surface area contributed by atoms with E-state index in [1.54, 1.807) is 10.6 Å². The maximum atomic E-state index is 12.2. The molecule has 1 N–H and O–H groups in total. The summed E-state index contributed by atoms with van der Waals surface area (Å²) in [4.78, 5) is 22.8. The van der Waals surface area contributed by atoms with Crippen molar-refractivity contribution in [3.63, 3.8) is 0 Å². The number of aliphatic carboxylic acids is 1. The number of hydrogen-bond donors (Lipinski definition) is 1. The van der Waals surface area contributed by atoms with Crippen molar-refractivity contribution in [3.05, 3.63) is 46.2 Å². The lowest BCUT2D eigenvalue weighted by molar-refractivity contribution is -0.136. The van der Waals surface area contributed by atoms with Crippen molar-refractivity contribution in [1.82, 2.24) is 4.57 Å². The number of carboxylic acid groups (broad SMARTS) is 1. The van der Waals surface area contributed by atoms with E-state index < -0.39 is 5.97 Å². The Morgan fingerprint density at radius 2 is 2.06 bits per heavy atom. The third-order valence-corrected chi connectivity index (χ3v) is 3.00. The van der Waals surface area contributed by atoms with Crippen molar-refractivity contribution >= 4 is 16.9 Å². The molecule has 0 saturated carbocycles. The van der Waals surface area contributed by atoms with Crippen LogP contribution in [0.25, 0.3) is 10.9 Å². The van der Waals surface area contributed by atoms with Gasteiger partial charge in [0, 0.05) is 18.5 Å². The van der Waals surface area contributed by atoms with Crippen molar-refractivity contribution in [2.24, 2.45) is 0 Å². The van der Waals surface area contributed by atoms with Crippen LogP contribution in [0.1, 0.15) is 18.9 Å². The lowest BCUT2D eigenvalue weighted by Crippen LogP contribution is -2.23. The molecule has 0 aliphatic carbocycles. The molecular weight excluding hydrogens is 230 g/mol. The lowest BCUT2D eigenvalue weighted by atomic mass is 10.1. The second-order valence-electron chi connectivity index (χ2n) is 4.17. The van der Waals surface area contributed by atoms with Crippen LogP contribution in [0.15, 0.2) is 35.1 Å². The minimum atomic E-state index is -0.884. The van der Waals surface area contributed by atoms with E-state index >= 15 is 0 Å². The first kappa shape index (κ1) is 12.4. The molecule has 4 heteroatoms. The Balaban J connectivity index is 2.58. The molecule has 1 heterocycles. The quantitative estimate of drug-likeness (QED) is 0.896. The molecule has 94 valence electrons. The predicted molar refractivity (Wildman–Crippen MR) is 69.8 cm³/mol. The number of pyridine rings is 1. The molecule has 0 fully saturated rings. The van der Waals surface area contributed by atoms with E-state index in [4.69, 9.17) is 5.11 Å². The molecule has 0 aliphatic heterocycles. The average molecular weight is 245 g/mol. The maximum Gasteiger partial charge on any atom is 0.303 e. The molecule has 18 heavy (non-hydrogen) atoms. The number of aromatic nitrogens is 1. The number of rotatable bonds is 4. The van der Waals surface area contributed by atoms with Gasteiger partial charge in [-0.1, -0.05) is 18.2 Å². The van der Waals surface area contributed by atoms with Gasteiger partial charge in [0.15, 0.2) is 0 Å². The van der Waals surface area contributed by atoms with Crippen LogP contribution >= 0.6 is 0 Å². The van der Waals surface area contributed by atoms with Crippen molar-refractivity contribution in [2.45, 2.75) is 26.3 Å². The highest BCUT2D eigenvalue weighted by atomic mass is 16.4. The van der Waals surface area contributed by atoms with Gasteiger partial charge in [-0.2, -0.15) is 0 Å². The molecule has 0 aliphatic rings. The second kappa shape index (κ2) is 5.04. The van der Waals surface area contributed by atoms with Crippen LogP contribution in [0.5, 0.6) is 0 Å². The standard InChI is InChI=1S/C14H15NO3/c1-2-15-12-6-4-3-5-10(12)9-11(14(15)18)7-8-13(16)17/h3-6,9H,2,7-8H2,1H3,(H,16,17). The number of hydrogen-bond acceptors (Lipinski definition) is 2. The first-order valence-electron chi connectivity index (χ1n) is 5.96. The summed E-state index contributed by atoms with van der Waals surface area (Å²) in [5, 5.41) is 9.67. The highest BCUT2D eigenvalue weighted by Gasteiger charge is 2.09. The van der Waals surface area contributed by atoms with E-state index in [9.17, 15) is 9.59 Å². The van der Waals surface area contributed by atoms with E-state index in [1.165, 1.54) is 0 Å². The summed E-state index contributed by atoms with van der Waals surface area (Å²) < 4.78 is 1.69. The van der Waals surface area contributed by atoms with E-state index in [0.29, 0.717) is 12.1 Å². The fraction of sp³-hybridized carbons (Fsp3) is 0.286. The lowest BCUT2D eigenvalue weighted by Gasteiger charge is -2.10. The highest BCUT2D eigenvalue weighted by Crippen LogP contribution is 2.14. The largest absolute Gasteiger partial charge is 0.481 e. The molecule has 0 unspecified atom stereocenters. The summed E-state index contributed by atoms with van der Waals surface area (Å²) >= 11 is 0. The van der Waals surface area contributed by atoms with Crippen LogP contribution in [-0.2, 0) is 17.8 Å². The minimum absolute atomic E-state index is 0.0166.